The van der Waals surface area contributed by atoms with Gasteiger partial charge >= 0.3 is 0 Å². The number of amides is 1. The monoisotopic (exact) mass is 515 g/mol. The summed E-state index contributed by atoms with van der Waals surface area (Å²) in [5, 5.41) is 4.58. The number of nitrogens with two attached hydrogens (primary N) is 1. The molecule has 1 amide bonds. The molecule has 0 spiro atoms. The van der Waals surface area contributed by atoms with E-state index in [0.717, 1.165) is 75.2 Å². The molecule has 2 aliphatic heterocycles. The number of aromatic nitrogens is 3. The summed E-state index contributed by atoms with van der Waals surface area (Å²) in [5.74, 6) is 1.05. The zero-order chi connectivity index (χ0) is 26.2. The second kappa shape index (κ2) is 10.7. The highest BCUT2D eigenvalue weighted by atomic mass is 16.2. The van der Waals surface area contributed by atoms with Crippen LogP contribution >= 0.6 is 0 Å². The molecule has 202 valence electrons. The smallest absolute Gasteiger partial charge is 0.225 e. The van der Waals surface area contributed by atoms with Crippen molar-refractivity contribution in [1.29, 1.82) is 0 Å². The van der Waals surface area contributed by atoms with Crippen molar-refractivity contribution in [2.75, 3.05) is 44.2 Å². The third-order valence-corrected chi connectivity index (χ3v) is 9.04. The topological polar surface area (TPSA) is 83.0 Å². The average Bonchev–Trinajstić information content (AvgIpc) is 3.61. The lowest BCUT2D eigenvalue weighted by atomic mass is 9.85. The molecule has 0 bridgehead atoms. The Bertz CT molecular complexity index is 1250. The largest absolute Gasteiger partial charge is 0.366 e. The standard InChI is InChI=1S/C30H41N7O/c1-21(2)36-12-10-24(19-36)23-5-8-27(32-18-23)25-17-29-28(9-11-33-37(29)20-25)34-13-15-35(16-14-34)30(38)22-3-6-26(31)7-4-22/h5,8-9,11,17-18,20-22,24,26H,3-4,6-7,10,12-16,19,31H2,1-2H3/t22-,24-,26-/m0/s1. The molecule has 2 N–H and O–H groups in total. The van der Waals surface area contributed by atoms with Gasteiger partial charge in [-0.15, -0.1) is 0 Å². The summed E-state index contributed by atoms with van der Waals surface area (Å²) >= 11 is 0. The number of carbonyl (C=O) groups excluding carboxylic acids is 1. The van der Waals surface area contributed by atoms with Gasteiger partial charge in [-0.25, -0.2) is 4.52 Å². The second-order valence-corrected chi connectivity index (χ2v) is 11.8. The van der Waals surface area contributed by atoms with E-state index in [1.807, 2.05) is 10.7 Å². The molecule has 3 fully saturated rings. The number of pyridine rings is 1. The highest BCUT2D eigenvalue weighted by molar-refractivity contribution is 5.81. The minimum Gasteiger partial charge on any atom is -0.366 e. The van der Waals surface area contributed by atoms with Crippen molar-refractivity contribution in [2.24, 2.45) is 11.7 Å². The SMILES string of the molecule is CC(C)N1CC[C@H](c2ccc(-c3cc4c(N5CCN(C(=O)[C@H]6CC[C@H](N)CC6)CC5)ccnn4c3)nc2)C1. The highest BCUT2D eigenvalue weighted by Gasteiger charge is 2.31. The highest BCUT2D eigenvalue weighted by Crippen LogP contribution is 2.32. The number of fused-ring (bicyclic) bond motifs is 1. The van der Waals surface area contributed by atoms with Crippen molar-refractivity contribution in [3.05, 3.63) is 48.4 Å². The maximum absolute atomic E-state index is 13.1. The molecule has 3 aromatic rings. The van der Waals surface area contributed by atoms with Crippen LogP contribution in [-0.2, 0) is 4.79 Å². The van der Waals surface area contributed by atoms with Gasteiger partial charge in [-0.1, -0.05) is 6.07 Å². The molecule has 3 aliphatic rings. The molecular weight excluding hydrogens is 474 g/mol. The minimum absolute atomic E-state index is 0.156. The fraction of sp³-hybridized carbons (Fsp3) is 0.567. The van der Waals surface area contributed by atoms with Crippen LogP contribution in [0.3, 0.4) is 0 Å². The number of rotatable bonds is 5. The maximum atomic E-state index is 13.1. The molecule has 5 heterocycles. The van der Waals surface area contributed by atoms with Crippen LogP contribution in [0.1, 0.15) is 57.4 Å². The summed E-state index contributed by atoms with van der Waals surface area (Å²) in [4.78, 5) is 24.9. The molecule has 8 heteroatoms. The van der Waals surface area contributed by atoms with Crippen molar-refractivity contribution in [1.82, 2.24) is 24.4 Å². The summed E-state index contributed by atoms with van der Waals surface area (Å²) in [6, 6.07) is 9.57. The first-order chi connectivity index (χ1) is 18.5. The Kier molecular flexibility index (Phi) is 7.10. The quantitative estimate of drug-likeness (QED) is 0.557. The lowest BCUT2D eigenvalue weighted by Gasteiger charge is -2.38. The third kappa shape index (κ3) is 5.04. The Labute approximate surface area is 225 Å². The van der Waals surface area contributed by atoms with E-state index in [-0.39, 0.29) is 12.0 Å². The Morgan fingerprint density at radius 3 is 2.47 bits per heavy atom. The molecule has 2 saturated heterocycles. The Morgan fingerprint density at radius 2 is 1.79 bits per heavy atom. The first-order valence-corrected chi connectivity index (χ1v) is 14.4. The fourth-order valence-corrected chi connectivity index (χ4v) is 6.55. The normalized spacial score (nSPS) is 25.0. The van der Waals surface area contributed by atoms with Crippen molar-refractivity contribution >= 4 is 17.1 Å². The lowest BCUT2D eigenvalue weighted by Crippen LogP contribution is -2.51. The number of hydrogen-bond acceptors (Lipinski definition) is 6. The molecule has 38 heavy (non-hydrogen) atoms. The van der Waals surface area contributed by atoms with Gasteiger partial charge in [0.05, 0.1) is 16.9 Å². The summed E-state index contributed by atoms with van der Waals surface area (Å²) in [6.07, 6.45) is 11.0. The van der Waals surface area contributed by atoms with Crippen LogP contribution in [0, 0.1) is 5.92 Å². The number of likely N-dealkylation sites (tertiary alicyclic amines) is 1. The molecule has 3 aromatic heterocycles. The van der Waals surface area contributed by atoms with Gasteiger partial charge in [-0.3, -0.25) is 9.78 Å². The predicted molar refractivity (Wildman–Crippen MR) is 151 cm³/mol. The Hall–Kier alpha value is -2.97. The molecule has 6 rings (SSSR count). The van der Waals surface area contributed by atoms with E-state index < -0.39 is 0 Å². The third-order valence-electron chi connectivity index (χ3n) is 9.04. The van der Waals surface area contributed by atoms with E-state index in [9.17, 15) is 4.79 Å². The Morgan fingerprint density at radius 1 is 1.00 bits per heavy atom. The first-order valence-electron chi connectivity index (χ1n) is 14.4. The number of hydrogen-bond donors (Lipinski definition) is 1. The number of anilines is 1. The van der Waals surface area contributed by atoms with E-state index in [1.54, 1.807) is 0 Å². The maximum Gasteiger partial charge on any atom is 0.225 e. The van der Waals surface area contributed by atoms with Gasteiger partial charge < -0.3 is 20.4 Å². The van der Waals surface area contributed by atoms with Gasteiger partial charge in [0.2, 0.25) is 5.91 Å². The van der Waals surface area contributed by atoms with Gasteiger partial charge in [-0.05, 0) is 82.2 Å². The molecule has 1 saturated carbocycles. The summed E-state index contributed by atoms with van der Waals surface area (Å²) < 4.78 is 1.96. The van der Waals surface area contributed by atoms with Crippen LogP contribution in [0.5, 0.6) is 0 Å². The van der Waals surface area contributed by atoms with E-state index in [0.29, 0.717) is 17.9 Å². The fourth-order valence-electron chi connectivity index (χ4n) is 6.55. The van der Waals surface area contributed by atoms with Crippen LogP contribution in [0.4, 0.5) is 5.69 Å². The first kappa shape index (κ1) is 25.3. The van der Waals surface area contributed by atoms with Crippen LogP contribution in [0.15, 0.2) is 42.9 Å². The van der Waals surface area contributed by atoms with Crippen molar-refractivity contribution in [3.8, 4) is 11.3 Å². The summed E-state index contributed by atoms with van der Waals surface area (Å²) in [5.41, 5.74) is 11.7. The molecule has 1 atom stereocenters. The minimum atomic E-state index is 0.156. The van der Waals surface area contributed by atoms with Crippen LogP contribution in [0.2, 0.25) is 0 Å². The number of piperazine rings is 1. The predicted octanol–water partition coefficient (Wildman–Crippen LogP) is 3.76. The lowest BCUT2D eigenvalue weighted by molar-refractivity contribution is -0.136. The van der Waals surface area contributed by atoms with Gasteiger partial charge in [0.25, 0.3) is 0 Å². The number of carbonyl (C=O) groups is 1. The molecule has 0 radical (unpaired) electrons. The van der Waals surface area contributed by atoms with E-state index >= 15 is 0 Å². The molecule has 8 nitrogen and oxygen atoms in total. The number of nitrogens with zero attached hydrogens (tertiary/aromatic N) is 6. The Balaban J connectivity index is 1.13. The summed E-state index contributed by atoms with van der Waals surface area (Å²) in [6.45, 7) is 10.0. The molecular formula is C30H41N7O. The van der Waals surface area contributed by atoms with Crippen LogP contribution < -0.4 is 10.6 Å². The van der Waals surface area contributed by atoms with Crippen LogP contribution in [-0.4, -0.2) is 81.7 Å². The average molecular weight is 516 g/mol. The van der Waals surface area contributed by atoms with Crippen molar-refractivity contribution in [3.63, 3.8) is 0 Å². The zero-order valence-corrected chi connectivity index (χ0v) is 22.8. The van der Waals surface area contributed by atoms with E-state index in [4.69, 9.17) is 10.7 Å². The van der Waals surface area contributed by atoms with Gasteiger partial charge in [0.1, 0.15) is 0 Å². The molecule has 0 unspecified atom stereocenters. The van der Waals surface area contributed by atoms with Gasteiger partial charge in [-0.2, -0.15) is 5.10 Å². The van der Waals surface area contributed by atoms with Crippen LogP contribution in [0.25, 0.3) is 16.8 Å². The molecule has 0 aromatic carbocycles. The van der Waals surface area contributed by atoms with Crippen molar-refractivity contribution in [2.45, 2.75) is 64.0 Å². The van der Waals surface area contributed by atoms with E-state index in [2.05, 4.69) is 70.3 Å². The van der Waals surface area contributed by atoms with Gasteiger partial charge in [0, 0.05) is 74.9 Å². The molecule has 1 aliphatic carbocycles. The summed E-state index contributed by atoms with van der Waals surface area (Å²) in [7, 11) is 0. The van der Waals surface area contributed by atoms with Gasteiger partial charge in [0.15, 0.2) is 0 Å². The van der Waals surface area contributed by atoms with E-state index in [1.165, 1.54) is 24.2 Å². The second-order valence-electron chi connectivity index (χ2n) is 11.8. The van der Waals surface area contributed by atoms with Crippen molar-refractivity contribution < 1.29 is 4.79 Å². The zero-order valence-electron chi connectivity index (χ0n) is 22.8.